The molecule has 4 rings (SSSR count). The predicted octanol–water partition coefficient (Wildman–Crippen LogP) is 4.76. The van der Waals surface area contributed by atoms with Gasteiger partial charge in [-0.25, -0.2) is 4.39 Å². The Kier molecular flexibility index (Phi) is 6.81. The van der Waals surface area contributed by atoms with Gasteiger partial charge in [-0.15, -0.1) is 0 Å². The molecule has 2 N–H and O–H groups in total. The van der Waals surface area contributed by atoms with Gasteiger partial charge in [0.1, 0.15) is 11.6 Å². The molecule has 0 unspecified atom stereocenters. The van der Waals surface area contributed by atoms with E-state index in [9.17, 15) is 9.18 Å². The summed E-state index contributed by atoms with van der Waals surface area (Å²) in [7, 11) is 0. The smallest absolute Gasteiger partial charge is 0.250 e. The summed E-state index contributed by atoms with van der Waals surface area (Å²) in [5, 5.41) is 0. The van der Waals surface area contributed by atoms with Crippen LogP contribution in [0.4, 0.5) is 4.39 Å². The monoisotopic (exact) mass is 433 g/mol. The molecule has 0 spiro atoms. The number of nitrogens with zero attached hydrogens (tertiary/aromatic N) is 2. The minimum absolute atomic E-state index is 0.245. The van der Waals surface area contributed by atoms with Gasteiger partial charge in [0.2, 0.25) is 0 Å². The zero-order valence-electron chi connectivity index (χ0n) is 18.3. The third-order valence-corrected chi connectivity index (χ3v) is 5.99. The second-order valence-corrected chi connectivity index (χ2v) is 8.12. The third kappa shape index (κ3) is 4.97. The first kappa shape index (κ1) is 22.0. The van der Waals surface area contributed by atoms with E-state index in [0.29, 0.717) is 12.2 Å². The summed E-state index contributed by atoms with van der Waals surface area (Å²) in [5.41, 5.74) is 9.95. The topological polar surface area (TPSA) is 68.4 Å². The number of carbonyl (C=O) groups excluding carboxylic acids is 1. The number of primary amides is 1. The summed E-state index contributed by atoms with van der Waals surface area (Å²) in [6.45, 7) is 5.19. The minimum Gasteiger partial charge on any atom is -0.493 e. The number of pyridine rings is 1. The van der Waals surface area contributed by atoms with Crippen LogP contribution in [0.25, 0.3) is 11.1 Å². The van der Waals surface area contributed by atoms with Gasteiger partial charge < -0.3 is 10.5 Å². The van der Waals surface area contributed by atoms with Crippen LogP contribution < -0.4 is 10.5 Å². The van der Waals surface area contributed by atoms with Crippen molar-refractivity contribution in [3.8, 4) is 16.9 Å². The summed E-state index contributed by atoms with van der Waals surface area (Å²) in [4.78, 5) is 18.6. The highest BCUT2D eigenvalue weighted by Gasteiger charge is 2.25. The largest absolute Gasteiger partial charge is 0.493 e. The quantitative estimate of drug-likeness (QED) is 0.583. The molecule has 1 amide bonds. The maximum Gasteiger partial charge on any atom is 0.250 e. The molecule has 2 aromatic carbocycles. The number of hydrogen-bond acceptors (Lipinski definition) is 4. The molecule has 1 saturated heterocycles. The van der Waals surface area contributed by atoms with Crippen LogP contribution in [0.5, 0.6) is 5.75 Å². The van der Waals surface area contributed by atoms with Crippen LogP contribution in [0.3, 0.4) is 0 Å². The Bertz CT molecular complexity index is 1080. The number of hydrogen-bond donors (Lipinski definition) is 1. The number of halogens is 1. The van der Waals surface area contributed by atoms with Crippen molar-refractivity contribution in [3.05, 3.63) is 83.4 Å². The molecule has 1 aliphatic rings. The van der Waals surface area contributed by atoms with E-state index < -0.39 is 5.91 Å². The summed E-state index contributed by atoms with van der Waals surface area (Å²) >= 11 is 0. The van der Waals surface area contributed by atoms with Crippen molar-refractivity contribution in [2.75, 3.05) is 19.7 Å². The van der Waals surface area contributed by atoms with Gasteiger partial charge in [0.25, 0.3) is 5.91 Å². The number of nitrogens with two attached hydrogens (primary N) is 1. The first-order valence-electron chi connectivity index (χ1n) is 11.0. The van der Waals surface area contributed by atoms with Crippen molar-refractivity contribution in [1.82, 2.24) is 9.88 Å². The van der Waals surface area contributed by atoms with E-state index in [-0.39, 0.29) is 11.7 Å². The van der Waals surface area contributed by atoms with Crippen LogP contribution in [0.2, 0.25) is 0 Å². The molecule has 0 aliphatic carbocycles. The number of carbonyl (C=O) groups is 1. The highest BCUT2D eigenvalue weighted by Crippen LogP contribution is 2.33. The molecule has 0 saturated carbocycles. The second-order valence-electron chi connectivity index (χ2n) is 8.12. The van der Waals surface area contributed by atoms with Crippen molar-refractivity contribution < 1.29 is 13.9 Å². The van der Waals surface area contributed by atoms with Crippen molar-refractivity contribution in [2.24, 2.45) is 5.73 Å². The summed E-state index contributed by atoms with van der Waals surface area (Å²) in [6.07, 6.45) is 3.60. The molecule has 0 radical (unpaired) electrons. The molecule has 32 heavy (non-hydrogen) atoms. The average Bonchev–Trinajstić information content (AvgIpc) is 2.81. The lowest BCUT2D eigenvalue weighted by molar-refractivity contribution is 0.0997. The van der Waals surface area contributed by atoms with E-state index in [1.165, 1.54) is 17.7 Å². The average molecular weight is 434 g/mol. The molecular weight excluding hydrogens is 405 g/mol. The van der Waals surface area contributed by atoms with Crippen molar-refractivity contribution in [1.29, 1.82) is 0 Å². The van der Waals surface area contributed by atoms with E-state index in [4.69, 9.17) is 10.5 Å². The molecular formula is C26H28FN3O2. The van der Waals surface area contributed by atoms with Crippen LogP contribution >= 0.6 is 0 Å². The molecule has 1 aliphatic heterocycles. The van der Waals surface area contributed by atoms with Crippen LogP contribution in [-0.2, 0) is 6.54 Å². The van der Waals surface area contributed by atoms with E-state index in [1.54, 1.807) is 30.5 Å². The first-order valence-corrected chi connectivity index (χ1v) is 11.0. The third-order valence-electron chi connectivity index (χ3n) is 5.99. The highest BCUT2D eigenvalue weighted by atomic mass is 19.1. The standard InChI is InChI=1S/C26H28FN3O2/c1-2-32-24-16-18(5-10-22(24)19-6-8-21(27)9-7-19)17-30-14-11-20(12-15-30)25-23(26(28)31)4-3-13-29-25/h3-10,13,16,20H,2,11-12,14-15,17H2,1H3,(H2,28,31). The summed E-state index contributed by atoms with van der Waals surface area (Å²) in [6, 6.07) is 16.2. The summed E-state index contributed by atoms with van der Waals surface area (Å²) in [5.74, 6) is 0.390. The molecule has 0 atom stereocenters. The molecule has 1 fully saturated rings. The molecule has 5 nitrogen and oxygen atoms in total. The maximum absolute atomic E-state index is 13.3. The lowest BCUT2D eigenvalue weighted by Crippen LogP contribution is -2.33. The van der Waals surface area contributed by atoms with Gasteiger partial charge in [0.05, 0.1) is 17.9 Å². The number of benzene rings is 2. The first-order chi connectivity index (χ1) is 15.5. The van der Waals surface area contributed by atoms with Gasteiger partial charge in [0.15, 0.2) is 0 Å². The SMILES string of the molecule is CCOc1cc(CN2CCC(c3ncccc3C(N)=O)CC2)ccc1-c1ccc(F)cc1. The number of rotatable bonds is 7. The van der Waals surface area contributed by atoms with Crippen LogP contribution in [-0.4, -0.2) is 35.5 Å². The number of likely N-dealkylation sites (tertiary alicyclic amines) is 1. The Morgan fingerprint density at radius 2 is 1.91 bits per heavy atom. The molecule has 3 aromatic rings. The van der Waals surface area contributed by atoms with Gasteiger partial charge in [-0.2, -0.15) is 0 Å². The van der Waals surface area contributed by atoms with Crippen LogP contribution in [0.1, 0.15) is 47.3 Å². The van der Waals surface area contributed by atoms with Crippen molar-refractivity contribution in [3.63, 3.8) is 0 Å². The fourth-order valence-electron chi connectivity index (χ4n) is 4.38. The lowest BCUT2D eigenvalue weighted by Gasteiger charge is -2.32. The lowest BCUT2D eigenvalue weighted by atomic mass is 9.90. The highest BCUT2D eigenvalue weighted by molar-refractivity contribution is 5.94. The predicted molar refractivity (Wildman–Crippen MR) is 123 cm³/mol. The number of amides is 1. The molecule has 166 valence electrons. The van der Waals surface area contributed by atoms with Gasteiger partial charge in [-0.3, -0.25) is 14.7 Å². The zero-order valence-corrected chi connectivity index (χ0v) is 18.3. The Balaban J connectivity index is 1.44. The minimum atomic E-state index is -0.416. The van der Waals surface area contributed by atoms with Gasteiger partial charge >= 0.3 is 0 Å². The molecule has 2 heterocycles. The van der Waals surface area contributed by atoms with Crippen molar-refractivity contribution >= 4 is 5.91 Å². The summed E-state index contributed by atoms with van der Waals surface area (Å²) < 4.78 is 19.2. The Morgan fingerprint density at radius 3 is 2.59 bits per heavy atom. The number of ether oxygens (including phenoxy) is 1. The molecule has 1 aromatic heterocycles. The van der Waals surface area contributed by atoms with E-state index in [2.05, 4.69) is 22.0 Å². The number of piperidine rings is 1. The fraction of sp³-hybridized carbons (Fsp3) is 0.308. The van der Waals surface area contributed by atoms with Crippen LogP contribution in [0, 0.1) is 5.82 Å². The molecule has 6 heteroatoms. The van der Waals surface area contributed by atoms with E-state index in [0.717, 1.165) is 55.0 Å². The van der Waals surface area contributed by atoms with E-state index >= 15 is 0 Å². The maximum atomic E-state index is 13.3. The second kappa shape index (κ2) is 9.92. The molecule has 0 bridgehead atoms. The fourth-order valence-corrected chi connectivity index (χ4v) is 4.38. The number of aromatic nitrogens is 1. The van der Waals surface area contributed by atoms with Gasteiger partial charge in [-0.05, 0) is 74.3 Å². The normalized spacial score (nSPS) is 14.9. The Labute approximate surface area is 188 Å². The van der Waals surface area contributed by atoms with E-state index in [1.807, 2.05) is 13.0 Å². The zero-order chi connectivity index (χ0) is 22.5. The van der Waals surface area contributed by atoms with Gasteiger partial charge in [0, 0.05) is 24.2 Å². The van der Waals surface area contributed by atoms with Crippen LogP contribution in [0.15, 0.2) is 60.8 Å². The Hall–Kier alpha value is -3.25. The van der Waals surface area contributed by atoms with Gasteiger partial charge in [-0.1, -0.05) is 24.3 Å². The Morgan fingerprint density at radius 1 is 1.16 bits per heavy atom. The van der Waals surface area contributed by atoms with Crippen molar-refractivity contribution in [2.45, 2.75) is 32.2 Å².